The largest absolute Gasteiger partial charge is 0.497 e. The van der Waals surface area contributed by atoms with Crippen molar-refractivity contribution in [1.82, 2.24) is 20.4 Å². The molecule has 0 spiro atoms. The molecule has 3 amide bonds. The molecule has 4 rings (SSSR count). The summed E-state index contributed by atoms with van der Waals surface area (Å²) in [4.78, 5) is 26.6. The number of carbonyl (C=O) groups is 2. The topological polar surface area (TPSA) is 97.6 Å². The lowest BCUT2D eigenvalue weighted by molar-refractivity contribution is -0.131. The fourth-order valence-electron chi connectivity index (χ4n) is 3.14. The van der Waals surface area contributed by atoms with Crippen LogP contribution in [0.2, 0.25) is 0 Å². The van der Waals surface area contributed by atoms with Crippen LogP contribution in [0, 0.1) is 0 Å². The van der Waals surface area contributed by atoms with Crippen LogP contribution in [0.15, 0.2) is 57.4 Å². The maximum atomic E-state index is 13.0. The summed E-state index contributed by atoms with van der Waals surface area (Å²) in [5.74, 6) is 0.784. The molecule has 0 bridgehead atoms. The van der Waals surface area contributed by atoms with Crippen molar-refractivity contribution in [3.63, 3.8) is 0 Å². The van der Waals surface area contributed by atoms with Crippen molar-refractivity contribution in [2.75, 3.05) is 7.11 Å². The lowest BCUT2D eigenvalue weighted by atomic mass is 9.92. The van der Waals surface area contributed by atoms with E-state index in [1.165, 1.54) is 0 Å². The number of imide groups is 1. The lowest BCUT2D eigenvalue weighted by Gasteiger charge is -2.22. The van der Waals surface area contributed by atoms with E-state index in [4.69, 9.17) is 9.15 Å². The Balaban J connectivity index is 1.55. The summed E-state index contributed by atoms with van der Waals surface area (Å²) in [6.45, 7) is 1.56. The van der Waals surface area contributed by atoms with Gasteiger partial charge in [0.2, 0.25) is 11.8 Å². The summed E-state index contributed by atoms with van der Waals surface area (Å²) in [7, 11) is 1.58. The third kappa shape index (κ3) is 3.49. The van der Waals surface area contributed by atoms with E-state index in [1.807, 2.05) is 12.1 Å². The van der Waals surface area contributed by atoms with Gasteiger partial charge >= 0.3 is 6.03 Å². The zero-order chi connectivity index (χ0) is 20.6. The summed E-state index contributed by atoms with van der Waals surface area (Å²) < 4.78 is 11.6. The quantitative estimate of drug-likeness (QED) is 0.590. The SMILES string of the molecule is COc1ccc(-c2nnc(CN3C(=O)NC(C)(c4cccc(Br)c4)C3=O)o2)cc1. The molecule has 1 N–H and O–H groups in total. The van der Waals surface area contributed by atoms with E-state index in [0.717, 1.165) is 9.37 Å². The van der Waals surface area contributed by atoms with Crippen LogP contribution < -0.4 is 10.1 Å². The Labute approximate surface area is 175 Å². The van der Waals surface area contributed by atoms with Crippen LogP contribution in [-0.4, -0.2) is 34.1 Å². The van der Waals surface area contributed by atoms with E-state index >= 15 is 0 Å². The first-order valence-corrected chi connectivity index (χ1v) is 9.57. The third-order valence-electron chi connectivity index (χ3n) is 4.77. The Morgan fingerprint density at radius 2 is 1.93 bits per heavy atom. The van der Waals surface area contributed by atoms with E-state index in [1.54, 1.807) is 50.4 Å². The maximum Gasteiger partial charge on any atom is 0.325 e. The zero-order valence-electron chi connectivity index (χ0n) is 15.7. The molecule has 1 saturated heterocycles. The second-order valence-corrected chi connectivity index (χ2v) is 7.60. The molecule has 1 aliphatic heterocycles. The number of benzene rings is 2. The first-order chi connectivity index (χ1) is 13.9. The molecule has 8 nitrogen and oxygen atoms in total. The number of nitrogens with one attached hydrogen (secondary N) is 1. The van der Waals surface area contributed by atoms with Gasteiger partial charge in [0.1, 0.15) is 17.8 Å². The van der Waals surface area contributed by atoms with Gasteiger partial charge in [-0.05, 0) is 48.9 Å². The number of amides is 3. The zero-order valence-corrected chi connectivity index (χ0v) is 17.3. The van der Waals surface area contributed by atoms with Crippen molar-refractivity contribution in [2.45, 2.75) is 19.0 Å². The summed E-state index contributed by atoms with van der Waals surface area (Å²) in [6.07, 6.45) is 0. The average molecular weight is 457 g/mol. The Morgan fingerprint density at radius 1 is 1.17 bits per heavy atom. The van der Waals surface area contributed by atoms with Crippen molar-refractivity contribution in [3.8, 4) is 17.2 Å². The number of carbonyl (C=O) groups excluding carboxylic acids is 2. The van der Waals surface area contributed by atoms with Crippen LogP contribution in [0.5, 0.6) is 5.75 Å². The van der Waals surface area contributed by atoms with Crippen LogP contribution in [0.25, 0.3) is 11.5 Å². The number of methoxy groups -OCH3 is 1. The van der Waals surface area contributed by atoms with Gasteiger partial charge in [0.25, 0.3) is 5.91 Å². The molecule has 9 heteroatoms. The first-order valence-electron chi connectivity index (χ1n) is 8.77. The van der Waals surface area contributed by atoms with Gasteiger partial charge in [-0.1, -0.05) is 28.1 Å². The molecule has 0 saturated carbocycles. The molecule has 3 aromatic rings. The van der Waals surface area contributed by atoms with Crippen LogP contribution in [0.3, 0.4) is 0 Å². The first kappa shape index (κ1) is 19.1. The van der Waals surface area contributed by atoms with Crippen molar-refractivity contribution < 1.29 is 18.7 Å². The second-order valence-electron chi connectivity index (χ2n) is 6.69. The molecule has 1 aliphatic rings. The lowest BCUT2D eigenvalue weighted by Crippen LogP contribution is -2.40. The number of hydrogen-bond donors (Lipinski definition) is 1. The summed E-state index contributed by atoms with van der Waals surface area (Å²) >= 11 is 3.39. The molecule has 148 valence electrons. The molecule has 1 fully saturated rings. The molecular weight excluding hydrogens is 440 g/mol. The van der Waals surface area contributed by atoms with Gasteiger partial charge < -0.3 is 14.5 Å². The Kier molecular flexibility index (Phi) is 4.83. The van der Waals surface area contributed by atoms with Crippen LogP contribution in [-0.2, 0) is 16.9 Å². The fraction of sp³-hybridized carbons (Fsp3) is 0.200. The molecule has 1 unspecified atom stereocenters. The highest BCUT2D eigenvalue weighted by Crippen LogP contribution is 2.31. The summed E-state index contributed by atoms with van der Waals surface area (Å²) in [6, 6.07) is 13.9. The van der Waals surface area contributed by atoms with Crippen LogP contribution in [0.1, 0.15) is 18.4 Å². The molecule has 2 heterocycles. The minimum absolute atomic E-state index is 0.114. The second kappa shape index (κ2) is 7.32. The number of halogens is 1. The van der Waals surface area contributed by atoms with Crippen molar-refractivity contribution in [3.05, 3.63) is 64.5 Å². The fourth-order valence-corrected chi connectivity index (χ4v) is 3.54. The van der Waals surface area contributed by atoms with E-state index in [2.05, 4.69) is 31.4 Å². The molecule has 0 aliphatic carbocycles. The van der Waals surface area contributed by atoms with Gasteiger partial charge in [-0.15, -0.1) is 10.2 Å². The minimum Gasteiger partial charge on any atom is -0.497 e. The van der Waals surface area contributed by atoms with Gasteiger partial charge in [0, 0.05) is 10.0 Å². The van der Waals surface area contributed by atoms with Crippen molar-refractivity contribution >= 4 is 27.9 Å². The molecule has 0 radical (unpaired) electrons. The molecule has 1 atom stereocenters. The smallest absolute Gasteiger partial charge is 0.325 e. The van der Waals surface area contributed by atoms with Crippen molar-refractivity contribution in [1.29, 1.82) is 0 Å². The highest BCUT2D eigenvalue weighted by Gasteiger charge is 2.49. The molecule has 29 heavy (non-hydrogen) atoms. The Hall–Kier alpha value is -3.20. The van der Waals surface area contributed by atoms with Gasteiger partial charge in [-0.3, -0.25) is 9.69 Å². The third-order valence-corrected chi connectivity index (χ3v) is 5.27. The number of ether oxygens (including phenoxy) is 1. The number of rotatable bonds is 5. The number of nitrogens with zero attached hydrogens (tertiary/aromatic N) is 3. The number of aromatic nitrogens is 2. The molecule has 2 aromatic carbocycles. The van der Waals surface area contributed by atoms with Gasteiger partial charge in [0.05, 0.1) is 7.11 Å². The maximum absolute atomic E-state index is 13.0. The van der Waals surface area contributed by atoms with E-state index in [9.17, 15) is 9.59 Å². The predicted octanol–water partition coefficient (Wildman–Crippen LogP) is 3.47. The average Bonchev–Trinajstić information content (AvgIpc) is 3.27. The Morgan fingerprint density at radius 3 is 2.62 bits per heavy atom. The van der Waals surface area contributed by atoms with Gasteiger partial charge in [-0.25, -0.2) is 4.79 Å². The standard InChI is InChI=1S/C20H17BrN4O4/c1-20(13-4-3-5-14(21)10-13)18(26)25(19(27)22-20)11-16-23-24-17(29-16)12-6-8-15(28-2)9-7-12/h3-10H,11H2,1-2H3,(H,22,27). The normalized spacial score (nSPS) is 18.8. The van der Waals surface area contributed by atoms with Gasteiger partial charge in [-0.2, -0.15) is 0 Å². The minimum atomic E-state index is -1.17. The summed E-state index contributed by atoms with van der Waals surface area (Å²) in [5, 5.41) is 10.7. The highest BCUT2D eigenvalue weighted by molar-refractivity contribution is 9.10. The Bertz CT molecular complexity index is 1080. The predicted molar refractivity (Wildman–Crippen MR) is 107 cm³/mol. The van der Waals surface area contributed by atoms with Gasteiger partial charge in [0.15, 0.2) is 0 Å². The van der Waals surface area contributed by atoms with Crippen LogP contribution in [0.4, 0.5) is 4.79 Å². The van der Waals surface area contributed by atoms with Crippen molar-refractivity contribution in [2.24, 2.45) is 0 Å². The van der Waals surface area contributed by atoms with E-state index < -0.39 is 11.6 Å². The number of urea groups is 1. The molecule has 1 aromatic heterocycles. The number of hydrogen-bond acceptors (Lipinski definition) is 6. The highest BCUT2D eigenvalue weighted by atomic mass is 79.9. The summed E-state index contributed by atoms with van der Waals surface area (Å²) in [5.41, 5.74) is 0.220. The van der Waals surface area contributed by atoms with Crippen LogP contribution >= 0.6 is 15.9 Å². The molecular formula is C20H17BrN4O4. The van der Waals surface area contributed by atoms with E-state index in [0.29, 0.717) is 22.8 Å². The monoisotopic (exact) mass is 456 g/mol. The van der Waals surface area contributed by atoms with E-state index in [-0.39, 0.29) is 18.3 Å².